The zero-order valence-electron chi connectivity index (χ0n) is 16.7. The van der Waals surface area contributed by atoms with Crippen molar-refractivity contribution in [3.63, 3.8) is 0 Å². The van der Waals surface area contributed by atoms with Crippen LogP contribution in [0.2, 0.25) is 0 Å². The highest BCUT2D eigenvalue weighted by Crippen LogP contribution is 2.34. The quantitative estimate of drug-likeness (QED) is 0.732. The second-order valence-corrected chi connectivity index (χ2v) is 6.08. The van der Waals surface area contributed by atoms with Crippen molar-refractivity contribution in [2.45, 2.75) is 13.8 Å². The van der Waals surface area contributed by atoms with Crippen LogP contribution in [0, 0.1) is 6.92 Å². The molecular formula is C21H28N2O4. The summed E-state index contributed by atoms with van der Waals surface area (Å²) in [6, 6.07) is 11.6. The second kappa shape index (κ2) is 9.71. The number of hydrogen-bond donors (Lipinski definition) is 1. The molecule has 1 amide bonds. The van der Waals surface area contributed by atoms with Crippen molar-refractivity contribution < 1.29 is 19.0 Å². The number of carbonyl (C=O) groups excluding carboxylic acids is 1. The number of likely N-dealkylation sites (N-methyl/N-ethyl adjacent to an activating group) is 1. The number of hydrogen-bond acceptors (Lipinski definition) is 5. The summed E-state index contributed by atoms with van der Waals surface area (Å²) in [5.74, 6) is 1.23. The van der Waals surface area contributed by atoms with Gasteiger partial charge < -0.3 is 24.4 Å². The van der Waals surface area contributed by atoms with Gasteiger partial charge >= 0.3 is 0 Å². The lowest BCUT2D eigenvalue weighted by Crippen LogP contribution is -2.35. The lowest BCUT2D eigenvalue weighted by atomic mass is 10.1. The molecule has 0 spiro atoms. The minimum Gasteiger partial charge on any atom is -0.496 e. The Labute approximate surface area is 161 Å². The standard InChI is InChI=1S/C21H28N2O4/c1-6-23(16-9-7-8-15(2)12-16)11-10-22-21(24)17-13-19(26-4)20(27-5)14-18(17)25-3/h7-9,12-14H,6,10-11H2,1-5H3,(H,22,24). The maximum absolute atomic E-state index is 12.6. The van der Waals surface area contributed by atoms with Crippen LogP contribution in [-0.2, 0) is 0 Å². The van der Waals surface area contributed by atoms with E-state index >= 15 is 0 Å². The highest BCUT2D eigenvalue weighted by molar-refractivity contribution is 5.97. The van der Waals surface area contributed by atoms with Crippen LogP contribution in [0.15, 0.2) is 36.4 Å². The van der Waals surface area contributed by atoms with Crippen LogP contribution in [0.25, 0.3) is 0 Å². The Hall–Kier alpha value is -2.89. The van der Waals surface area contributed by atoms with E-state index in [1.165, 1.54) is 19.8 Å². The molecular weight excluding hydrogens is 344 g/mol. The summed E-state index contributed by atoms with van der Waals surface area (Å²) in [7, 11) is 4.60. The molecule has 0 atom stereocenters. The van der Waals surface area contributed by atoms with Crippen molar-refractivity contribution in [2.24, 2.45) is 0 Å². The molecule has 0 aliphatic heterocycles. The monoisotopic (exact) mass is 372 g/mol. The van der Waals surface area contributed by atoms with Gasteiger partial charge in [0.25, 0.3) is 5.91 Å². The zero-order valence-corrected chi connectivity index (χ0v) is 16.7. The number of methoxy groups -OCH3 is 3. The van der Waals surface area contributed by atoms with E-state index in [1.807, 2.05) is 6.07 Å². The first kappa shape index (κ1) is 20.4. The number of carbonyl (C=O) groups is 1. The Morgan fingerprint density at radius 2 is 1.67 bits per heavy atom. The van der Waals surface area contributed by atoms with Gasteiger partial charge in [0, 0.05) is 37.5 Å². The third-order valence-corrected chi connectivity index (χ3v) is 4.37. The Morgan fingerprint density at radius 1 is 1.00 bits per heavy atom. The summed E-state index contributed by atoms with van der Waals surface area (Å²) in [6.07, 6.45) is 0. The van der Waals surface area contributed by atoms with Gasteiger partial charge in [0.2, 0.25) is 0 Å². The van der Waals surface area contributed by atoms with Gasteiger partial charge in [0.05, 0.1) is 26.9 Å². The van der Waals surface area contributed by atoms with Gasteiger partial charge in [-0.15, -0.1) is 0 Å². The molecule has 2 rings (SSSR count). The predicted molar refractivity (Wildman–Crippen MR) is 107 cm³/mol. The average Bonchev–Trinajstić information content (AvgIpc) is 2.69. The van der Waals surface area contributed by atoms with Crippen LogP contribution in [0.5, 0.6) is 17.2 Å². The molecule has 146 valence electrons. The minimum absolute atomic E-state index is 0.215. The van der Waals surface area contributed by atoms with Crippen molar-refractivity contribution in [3.05, 3.63) is 47.5 Å². The molecule has 27 heavy (non-hydrogen) atoms. The van der Waals surface area contributed by atoms with E-state index < -0.39 is 0 Å². The van der Waals surface area contributed by atoms with Gasteiger partial charge in [0.1, 0.15) is 5.75 Å². The first-order valence-electron chi connectivity index (χ1n) is 8.93. The third kappa shape index (κ3) is 5.06. The molecule has 0 unspecified atom stereocenters. The Balaban J connectivity index is 2.06. The number of aryl methyl sites for hydroxylation is 1. The molecule has 0 aliphatic rings. The Bertz CT molecular complexity index is 777. The number of ether oxygens (including phenoxy) is 3. The number of rotatable bonds is 9. The fourth-order valence-corrected chi connectivity index (χ4v) is 2.90. The highest BCUT2D eigenvalue weighted by Gasteiger charge is 2.17. The zero-order chi connectivity index (χ0) is 19.8. The summed E-state index contributed by atoms with van der Waals surface area (Å²) >= 11 is 0. The first-order valence-corrected chi connectivity index (χ1v) is 8.93. The van der Waals surface area contributed by atoms with Gasteiger partial charge in [-0.2, -0.15) is 0 Å². The largest absolute Gasteiger partial charge is 0.496 e. The van der Waals surface area contributed by atoms with Gasteiger partial charge in [-0.1, -0.05) is 12.1 Å². The third-order valence-electron chi connectivity index (χ3n) is 4.37. The minimum atomic E-state index is -0.215. The molecule has 0 bridgehead atoms. The van der Waals surface area contributed by atoms with Gasteiger partial charge in [-0.05, 0) is 31.5 Å². The molecule has 1 N–H and O–H groups in total. The summed E-state index contributed by atoms with van der Waals surface area (Å²) < 4.78 is 15.9. The molecule has 0 fully saturated rings. The van der Waals surface area contributed by atoms with Crippen molar-refractivity contribution in [2.75, 3.05) is 45.9 Å². The molecule has 6 heteroatoms. The van der Waals surface area contributed by atoms with E-state index in [0.29, 0.717) is 35.9 Å². The Kier molecular flexibility index (Phi) is 7.34. The van der Waals surface area contributed by atoms with Gasteiger partial charge in [-0.3, -0.25) is 4.79 Å². The molecule has 0 radical (unpaired) electrons. The SMILES string of the molecule is CCN(CCNC(=O)c1cc(OC)c(OC)cc1OC)c1cccc(C)c1. The van der Waals surface area contributed by atoms with Crippen LogP contribution in [0.4, 0.5) is 5.69 Å². The number of benzene rings is 2. The smallest absolute Gasteiger partial charge is 0.255 e. The van der Waals surface area contributed by atoms with Crippen molar-refractivity contribution in [3.8, 4) is 17.2 Å². The molecule has 2 aromatic carbocycles. The molecule has 6 nitrogen and oxygen atoms in total. The van der Waals surface area contributed by atoms with Crippen LogP contribution in [0.1, 0.15) is 22.8 Å². The highest BCUT2D eigenvalue weighted by atomic mass is 16.5. The number of amides is 1. The normalized spacial score (nSPS) is 10.3. The maximum Gasteiger partial charge on any atom is 0.255 e. The van der Waals surface area contributed by atoms with Crippen LogP contribution >= 0.6 is 0 Å². The van der Waals surface area contributed by atoms with E-state index in [2.05, 4.69) is 42.3 Å². The summed E-state index contributed by atoms with van der Waals surface area (Å²) in [4.78, 5) is 14.9. The first-order chi connectivity index (χ1) is 13.0. The second-order valence-electron chi connectivity index (χ2n) is 6.08. The van der Waals surface area contributed by atoms with Crippen molar-refractivity contribution in [1.29, 1.82) is 0 Å². The summed E-state index contributed by atoms with van der Waals surface area (Å²) in [5, 5.41) is 2.95. The fourth-order valence-electron chi connectivity index (χ4n) is 2.90. The number of nitrogens with one attached hydrogen (secondary N) is 1. The summed E-state index contributed by atoms with van der Waals surface area (Å²) in [5.41, 5.74) is 2.77. The van der Waals surface area contributed by atoms with Crippen molar-refractivity contribution in [1.82, 2.24) is 5.32 Å². The van der Waals surface area contributed by atoms with Gasteiger partial charge in [0.15, 0.2) is 11.5 Å². The Morgan fingerprint density at radius 3 is 2.26 bits per heavy atom. The average molecular weight is 372 g/mol. The molecule has 0 aromatic heterocycles. The predicted octanol–water partition coefficient (Wildman–Crippen LogP) is 3.28. The van der Waals surface area contributed by atoms with E-state index in [-0.39, 0.29) is 5.91 Å². The summed E-state index contributed by atoms with van der Waals surface area (Å²) in [6.45, 7) is 6.25. The van der Waals surface area contributed by atoms with Crippen LogP contribution < -0.4 is 24.4 Å². The molecule has 0 saturated carbocycles. The van der Waals surface area contributed by atoms with E-state index in [1.54, 1.807) is 19.2 Å². The topological polar surface area (TPSA) is 60.0 Å². The van der Waals surface area contributed by atoms with Crippen LogP contribution in [0.3, 0.4) is 0 Å². The lowest BCUT2D eigenvalue weighted by Gasteiger charge is -2.23. The van der Waals surface area contributed by atoms with E-state index in [4.69, 9.17) is 14.2 Å². The molecule has 0 heterocycles. The number of anilines is 1. The van der Waals surface area contributed by atoms with Crippen molar-refractivity contribution >= 4 is 11.6 Å². The van der Waals surface area contributed by atoms with E-state index in [0.717, 1.165) is 12.2 Å². The lowest BCUT2D eigenvalue weighted by molar-refractivity contribution is 0.0951. The van der Waals surface area contributed by atoms with E-state index in [9.17, 15) is 4.79 Å². The molecule has 0 saturated heterocycles. The van der Waals surface area contributed by atoms with Crippen LogP contribution in [-0.4, -0.2) is 46.9 Å². The number of nitrogens with zero attached hydrogens (tertiary/aromatic N) is 1. The molecule has 2 aromatic rings. The van der Waals surface area contributed by atoms with Gasteiger partial charge in [-0.25, -0.2) is 0 Å². The molecule has 0 aliphatic carbocycles. The maximum atomic E-state index is 12.6. The fraction of sp³-hybridized carbons (Fsp3) is 0.381.